The highest BCUT2D eigenvalue weighted by molar-refractivity contribution is 5.70. The summed E-state index contributed by atoms with van der Waals surface area (Å²) in [5.41, 5.74) is 2.41. The molecule has 0 spiro atoms. The number of hydrogen-bond acceptors (Lipinski definition) is 0. The SMILES string of the molecule is C=C(C)/C=C1\C(=C)C(=C)/C(=C\C(=C)C)C1(C)F.CC. The van der Waals surface area contributed by atoms with Crippen LogP contribution in [-0.4, -0.2) is 5.67 Å². The first-order valence-electron chi connectivity index (χ1n) is 6.51. The highest BCUT2D eigenvalue weighted by Gasteiger charge is 2.43. The topological polar surface area (TPSA) is 0 Å². The molecule has 1 heteroatoms. The van der Waals surface area contributed by atoms with E-state index in [2.05, 4.69) is 26.3 Å². The number of allylic oxidation sites excluding steroid dienone is 8. The second-order valence-corrected chi connectivity index (χ2v) is 4.77. The van der Waals surface area contributed by atoms with Crippen LogP contribution in [0.4, 0.5) is 4.39 Å². The van der Waals surface area contributed by atoms with Crippen LogP contribution in [0.25, 0.3) is 0 Å². The van der Waals surface area contributed by atoms with Crippen molar-refractivity contribution in [3.63, 3.8) is 0 Å². The van der Waals surface area contributed by atoms with Gasteiger partial charge in [-0.05, 0) is 31.9 Å². The fourth-order valence-electron chi connectivity index (χ4n) is 1.98. The van der Waals surface area contributed by atoms with E-state index in [0.717, 1.165) is 11.1 Å². The predicted octanol–water partition coefficient (Wildman–Crippen LogP) is 5.87. The van der Waals surface area contributed by atoms with Crippen molar-refractivity contribution in [3.8, 4) is 0 Å². The average molecular weight is 260 g/mol. The maximum Gasteiger partial charge on any atom is 0.159 e. The Morgan fingerprint density at radius 3 is 1.42 bits per heavy atom. The van der Waals surface area contributed by atoms with Gasteiger partial charge in [-0.2, -0.15) is 0 Å². The van der Waals surface area contributed by atoms with Gasteiger partial charge in [0.1, 0.15) is 0 Å². The molecule has 0 amide bonds. The summed E-state index contributed by atoms with van der Waals surface area (Å²) in [7, 11) is 0. The van der Waals surface area contributed by atoms with Gasteiger partial charge in [0.15, 0.2) is 5.67 Å². The Hall–Kier alpha value is -1.63. The van der Waals surface area contributed by atoms with Crippen LogP contribution in [0.3, 0.4) is 0 Å². The zero-order valence-electron chi connectivity index (χ0n) is 12.9. The first-order valence-corrected chi connectivity index (χ1v) is 6.51. The van der Waals surface area contributed by atoms with Gasteiger partial charge >= 0.3 is 0 Å². The molecule has 0 heterocycles. The molecule has 1 aliphatic rings. The molecule has 1 saturated carbocycles. The molecule has 0 atom stereocenters. The summed E-state index contributed by atoms with van der Waals surface area (Å²) < 4.78 is 14.8. The monoisotopic (exact) mass is 260 g/mol. The van der Waals surface area contributed by atoms with Gasteiger partial charge in [-0.3, -0.25) is 0 Å². The molecule has 0 aromatic carbocycles. The van der Waals surface area contributed by atoms with Gasteiger partial charge in [-0.25, -0.2) is 4.39 Å². The fourth-order valence-corrected chi connectivity index (χ4v) is 1.98. The third-order valence-corrected chi connectivity index (χ3v) is 2.81. The van der Waals surface area contributed by atoms with E-state index in [1.807, 2.05) is 27.7 Å². The Bertz CT molecular complexity index is 438. The summed E-state index contributed by atoms with van der Waals surface area (Å²) in [6.45, 7) is 24.6. The standard InChI is InChI=1S/C16H19F.C2H6/c1-10(2)8-14-12(5)13(6)15(9-11(3)4)16(14,7)17;1-2/h8-9H,1,3,5-6H2,2,4,7H3;1-2H3/b14-8+,15-9+;. The molecule has 0 N–H and O–H groups in total. The fraction of sp³-hybridized carbons (Fsp3) is 0.333. The van der Waals surface area contributed by atoms with E-state index in [9.17, 15) is 4.39 Å². The van der Waals surface area contributed by atoms with Gasteiger partial charge in [0.05, 0.1) is 0 Å². The number of halogens is 1. The normalized spacial score (nSPS) is 21.4. The predicted molar refractivity (Wildman–Crippen MR) is 84.9 cm³/mol. The van der Waals surface area contributed by atoms with E-state index in [0.29, 0.717) is 22.3 Å². The molecule has 0 aliphatic heterocycles. The molecule has 0 unspecified atom stereocenters. The van der Waals surface area contributed by atoms with Crippen LogP contribution in [0.5, 0.6) is 0 Å². The van der Waals surface area contributed by atoms with E-state index < -0.39 is 5.67 Å². The number of hydrogen-bond donors (Lipinski definition) is 0. The Balaban J connectivity index is 0.00000154. The number of rotatable bonds is 2. The molecular formula is C18H25F. The van der Waals surface area contributed by atoms with Crippen LogP contribution >= 0.6 is 0 Å². The summed E-state index contributed by atoms with van der Waals surface area (Å²) >= 11 is 0. The van der Waals surface area contributed by atoms with Crippen LogP contribution in [0.2, 0.25) is 0 Å². The molecule has 19 heavy (non-hydrogen) atoms. The van der Waals surface area contributed by atoms with E-state index in [4.69, 9.17) is 0 Å². The lowest BCUT2D eigenvalue weighted by Crippen LogP contribution is -2.18. The van der Waals surface area contributed by atoms with Crippen molar-refractivity contribution in [2.75, 3.05) is 0 Å². The summed E-state index contributed by atoms with van der Waals surface area (Å²) in [6, 6.07) is 0. The molecule has 0 saturated heterocycles. The zero-order chi connectivity index (χ0) is 15.4. The summed E-state index contributed by atoms with van der Waals surface area (Å²) in [6.07, 6.45) is 3.46. The van der Waals surface area contributed by atoms with Crippen molar-refractivity contribution in [1.82, 2.24) is 0 Å². The third-order valence-electron chi connectivity index (χ3n) is 2.81. The lowest BCUT2D eigenvalue weighted by molar-refractivity contribution is 0.308. The third kappa shape index (κ3) is 3.66. The quantitative estimate of drug-likeness (QED) is 0.582. The highest BCUT2D eigenvalue weighted by Crippen LogP contribution is 2.49. The summed E-state index contributed by atoms with van der Waals surface area (Å²) in [4.78, 5) is 0. The lowest BCUT2D eigenvalue weighted by atomic mass is 9.94. The Labute approximate surface area is 117 Å². The van der Waals surface area contributed by atoms with Crippen molar-refractivity contribution in [2.24, 2.45) is 0 Å². The van der Waals surface area contributed by atoms with Crippen molar-refractivity contribution >= 4 is 0 Å². The molecule has 0 aromatic rings. The van der Waals surface area contributed by atoms with Crippen molar-refractivity contribution in [3.05, 3.63) is 71.9 Å². The first kappa shape index (κ1) is 17.4. The molecule has 0 radical (unpaired) electrons. The van der Waals surface area contributed by atoms with Crippen molar-refractivity contribution in [1.29, 1.82) is 0 Å². The molecule has 0 nitrogen and oxygen atoms in total. The van der Waals surface area contributed by atoms with E-state index in [1.54, 1.807) is 12.2 Å². The van der Waals surface area contributed by atoms with Gasteiger partial charge in [-0.15, -0.1) is 0 Å². The smallest absolute Gasteiger partial charge is 0.159 e. The van der Waals surface area contributed by atoms with Crippen LogP contribution in [0, 0.1) is 0 Å². The van der Waals surface area contributed by atoms with E-state index in [-0.39, 0.29) is 0 Å². The van der Waals surface area contributed by atoms with Crippen molar-refractivity contribution < 1.29 is 4.39 Å². The molecule has 1 aliphatic carbocycles. The molecule has 0 bridgehead atoms. The molecule has 104 valence electrons. The molecule has 1 rings (SSSR count). The molecule has 1 fully saturated rings. The second kappa shape index (κ2) is 6.51. The minimum absolute atomic E-state index is 0.544. The van der Waals surface area contributed by atoms with Crippen LogP contribution < -0.4 is 0 Å². The Morgan fingerprint density at radius 2 is 1.21 bits per heavy atom. The van der Waals surface area contributed by atoms with E-state index in [1.165, 1.54) is 6.92 Å². The molecule has 0 aromatic heterocycles. The van der Waals surface area contributed by atoms with Gasteiger partial charge in [-0.1, -0.05) is 63.5 Å². The van der Waals surface area contributed by atoms with Crippen LogP contribution in [-0.2, 0) is 0 Å². The Kier molecular flexibility index (Phi) is 5.95. The number of alkyl halides is 1. The minimum Gasteiger partial charge on any atom is -0.234 e. The van der Waals surface area contributed by atoms with E-state index >= 15 is 0 Å². The zero-order valence-corrected chi connectivity index (χ0v) is 12.9. The average Bonchev–Trinajstić information content (AvgIpc) is 2.45. The maximum atomic E-state index is 14.8. The van der Waals surface area contributed by atoms with Gasteiger partial charge in [0.25, 0.3) is 0 Å². The Morgan fingerprint density at radius 1 is 0.947 bits per heavy atom. The second-order valence-electron chi connectivity index (χ2n) is 4.77. The van der Waals surface area contributed by atoms with Crippen LogP contribution in [0.15, 0.2) is 71.9 Å². The van der Waals surface area contributed by atoms with Gasteiger partial charge in [0, 0.05) is 11.1 Å². The first-order chi connectivity index (χ1) is 8.67. The summed E-state index contributed by atoms with van der Waals surface area (Å²) in [5, 5.41) is 0. The largest absolute Gasteiger partial charge is 0.234 e. The molecular weight excluding hydrogens is 235 g/mol. The summed E-state index contributed by atoms with van der Waals surface area (Å²) in [5.74, 6) is 0. The minimum atomic E-state index is -1.56. The van der Waals surface area contributed by atoms with Gasteiger partial charge in [0.2, 0.25) is 0 Å². The highest BCUT2D eigenvalue weighted by atomic mass is 19.1. The van der Waals surface area contributed by atoms with Crippen molar-refractivity contribution in [2.45, 2.75) is 40.3 Å². The maximum absolute atomic E-state index is 14.8. The lowest BCUT2D eigenvalue weighted by Gasteiger charge is -2.17. The van der Waals surface area contributed by atoms with Gasteiger partial charge < -0.3 is 0 Å². The van der Waals surface area contributed by atoms with Crippen LogP contribution in [0.1, 0.15) is 34.6 Å².